The van der Waals surface area contributed by atoms with Crippen LogP contribution in [-0.2, 0) is 4.79 Å². The van der Waals surface area contributed by atoms with Crippen LogP contribution in [0, 0.1) is 0 Å². The Labute approximate surface area is 80.0 Å². The maximum Gasteiger partial charge on any atom is 0.269 e. The minimum Gasteiger partial charge on any atom is -0.363 e. The van der Waals surface area contributed by atoms with Gasteiger partial charge in [0.25, 0.3) is 5.91 Å². The van der Waals surface area contributed by atoms with E-state index in [1.807, 2.05) is 11.8 Å². The summed E-state index contributed by atoms with van der Waals surface area (Å²) in [6, 6.07) is 0.371. The van der Waals surface area contributed by atoms with Crippen LogP contribution in [0.25, 0.3) is 0 Å². The van der Waals surface area contributed by atoms with Gasteiger partial charge < -0.3 is 9.80 Å². The molecular formula is C10H18N2O. The van der Waals surface area contributed by atoms with Gasteiger partial charge in [0.1, 0.15) is 0 Å². The van der Waals surface area contributed by atoms with Gasteiger partial charge >= 0.3 is 0 Å². The molecule has 0 bridgehead atoms. The van der Waals surface area contributed by atoms with Crippen molar-refractivity contribution in [2.45, 2.75) is 26.8 Å². The second kappa shape index (κ2) is 3.81. The quantitative estimate of drug-likeness (QED) is 0.596. The van der Waals surface area contributed by atoms with Crippen LogP contribution in [0.1, 0.15) is 20.8 Å². The van der Waals surface area contributed by atoms with Gasteiger partial charge in [-0.15, -0.1) is 0 Å². The second-order valence-corrected chi connectivity index (χ2v) is 3.62. The fourth-order valence-corrected chi connectivity index (χ4v) is 1.64. The van der Waals surface area contributed by atoms with Crippen LogP contribution in [0.4, 0.5) is 0 Å². The fourth-order valence-electron chi connectivity index (χ4n) is 1.64. The topological polar surface area (TPSA) is 23.6 Å². The van der Waals surface area contributed by atoms with Crippen molar-refractivity contribution in [2.75, 3.05) is 19.6 Å². The largest absolute Gasteiger partial charge is 0.363 e. The SMILES string of the molecule is C=C1C(=O)N(CC)CCN1C(C)C. The summed E-state index contributed by atoms with van der Waals surface area (Å²) in [4.78, 5) is 15.6. The first-order valence-corrected chi connectivity index (χ1v) is 4.82. The van der Waals surface area contributed by atoms with Crippen LogP contribution in [0.15, 0.2) is 12.3 Å². The van der Waals surface area contributed by atoms with E-state index in [0.29, 0.717) is 11.7 Å². The van der Waals surface area contributed by atoms with Crippen LogP contribution >= 0.6 is 0 Å². The fraction of sp³-hybridized carbons (Fsp3) is 0.700. The molecule has 1 saturated heterocycles. The molecule has 0 saturated carbocycles. The van der Waals surface area contributed by atoms with E-state index in [4.69, 9.17) is 0 Å². The number of nitrogens with zero attached hydrogens (tertiary/aromatic N) is 2. The lowest BCUT2D eigenvalue weighted by Gasteiger charge is -2.38. The minimum atomic E-state index is 0.0856. The number of carbonyl (C=O) groups excluding carboxylic acids is 1. The molecule has 0 atom stereocenters. The lowest BCUT2D eigenvalue weighted by molar-refractivity contribution is -0.131. The average Bonchev–Trinajstić information content (AvgIpc) is 2.09. The van der Waals surface area contributed by atoms with Crippen LogP contribution in [0.3, 0.4) is 0 Å². The molecule has 0 aliphatic carbocycles. The number of carbonyl (C=O) groups is 1. The number of likely N-dealkylation sites (N-methyl/N-ethyl adjacent to an activating group) is 1. The number of rotatable bonds is 2. The Morgan fingerprint density at radius 1 is 1.46 bits per heavy atom. The van der Waals surface area contributed by atoms with Gasteiger partial charge in [0.15, 0.2) is 0 Å². The third kappa shape index (κ3) is 1.85. The van der Waals surface area contributed by atoms with E-state index in [9.17, 15) is 4.79 Å². The predicted molar refractivity (Wildman–Crippen MR) is 53.2 cm³/mol. The van der Waals surface area contributed by atoms with Crippen molar-refractivity contribution < 1.29 is 4.79 Å². The maximum atomic E-state index is 11.7. The molecule has 0 aromatic rings. The highest BCUT2D eigenvalue weighted by molar-refractivity contribution is 5.93. The third-order valence-corrected chi connectivity index (χ3v) is 2.50. The summed E-state index contributed by atoms with van der Waals surface area (Å²) in [5.74, 6) is 0.0856. The molecule has 3 nitrogen and oxygen atoms in total. The Hall–Kier alpha value is -0.990. The van der Waals surface area contributed by atoms with E-state index in [1.54, 1.807) is 0 Å². The van der Waals surface area contributed by atoms with Gasteiger partial charge in [-0.25, -0.2) is 0 Å². The van der Waals surface area contributed by atoms with Gasteiger partial charge in [0, 0.05) is 25.7 Å². The summed E-state index contributed by atoms with van der Waals surface area (Å²) in [7, 11) is 0. The highest BCUT2D eigenvalue weighted by Gasteiger charge is 2.27. The normalized spacial score (nSPS) is 18.8. The molecule has 1 amide bonds. The standard InChI is InChI=1S/C10H18N2O/c1-5-11-6-7-12(8(2)3)9(4)10(11)13/h8H,4-7H2,1-3H3. The molecule has 0 aromatic carbocycles. The Morgan fingerprint density at radius 2 is 2.08 bits per heavy atom. The van der Waals surface area contributed by atoms with Gasteiger partial charge in [0.2, 0.25) is 0 Å². The van der Waals surface area contributed by atoms with E-state index < -0.39 is 0 Å². The second-order valence-electron chi connectivity index (χ2n) is 3.62. The van der Waals surface area contributed by atoms with Crippen LogP contribution in [0.2, 0.25) is 0 Å². The monoisotopic (exact) mass is 182 g/mol. The highest BCUT2D eigenvalue weighted by atomic mass is 16.2. The molecule has 13 heavy (non-hydrogen) atoms. The van der Waals surface area contributed by atoms with Gasteiger partial charge in [0.05, 0.1) is 5.70 Å². The molecule has 3 heteroatoms. The van der Waals surface area contributed by atoms with Crippen molar-refractivity contribution in [2.24, 2.45) is 0 Å². The summed E-state index contributed by atoms with van der Waals surface area (Å²) in [5.41, 5.74) is 0.642. The minimum absolute atomic E-state index is 0.0856. The molecule has 1 aliphatic rings. The van der Waals surface area contributed by atoms with Crippen LogP contribution in [0.5, 0.6) is 0 Å². The first-order valence-electron chi connectivity index (χ1n) is 4.82. The van der Waals surface area contributed by atoms with Crippen molar-refractivity contribution in [1.82, 2.24) is 9.80 Å². The lowest BCUT2D eigenvalue weighted by atomic mass is 10.2. The van der Waals surface area contributed by atoms with E-state index in [-0.39, 0.29) is 5.91 Å². The smallest absolute Gasteiger partial charge is 0.269 e. The molecule has 0 radical (unpaired) electrons. The summed E-state index contributed by atoms with van der Waals surface area (Å²) in [6.07, 6.45) is 0. The van der Waals surface area contributed by atoms with E-state index in [2.05, 4.69) is 25.3 Å². The van der Waals surface area contributed by atoms with Crippen molar-refractivity contribution in [3.05, 3.63) is 12.3 Å². The van der Waals surface area contributed by atoms with Crippen molar-refractivity contribution >= 4 is 5.91 Å². The lowest BCUT2D eigenvalue weighted by Crippen LogP contribution is -2.50. The Bertz CT molecular complexity index is 223. The number of hydrogen-bond acceptors (Lipinski definition) is 2. The first kappa shape index (κ1) is 10.1. The summed E-state index contributed by atoms with van der Waals surface area (Å²) in [5, 5.41) is 0. The summed E-state index contributed by atoms with van der Waals surface area (Å²) in [6.45, 7) is 12.5. The van der Waals surface area contributed by atoms with Crippen molar-refractivity contribution in [1.29, 1.82) is 0 Å². The van der Waals surface area contributed by atoms with E-state index in [1.165, 1.54) is 0 Å². The zero-order valence-electron chi connectivity index (χ0n) is 8.71. The number of amides is 1. The summed E-state index contributed by atoms with van der Waals surface area (Å²) >= 11 is 0. The molecule has 1 fully saturated rings. The maximum absolute atomic E-state index is 11.7. The molecule has 0 unspecified atom stereocenters. The van der Waals surface area contributed by atoms with Gasteiger partial charge in [-0.1, -0.05) is 6.58 Å². The predicted octanol–water partition coefficient (Wildman–Crippen LogP) is 1.07. The molecule has 1 rings (SSSR count). The molecule has 0 spiro atoms. The van der Waals surface area contributed by atoms with Crippen LogP contribution in [-0.4, -0.2) is 41.4 Å². The average molecular weight is 182 g/mol. The third-order valence-electron chi connectivity index (χ3n) is 2.50. The zero-order valence-corrected chi connectivity index (χ0v) is 8.71. The van der Waals surface area contributed by atoms with Crippen LogP contribution < -0.4 is 0 Å². The Morgan fingerprint density at radius 3 is 2.54 bits per heavy atom. The van der Waals surface area contributed by atoms with Gasteiger partial charge in [-0.05, 0) is 20.8 Å². The molecule has 0 N–H and O–H groups in total. The van der Waals surface area contributed by atoms with Gasteiger partial charge in [-0.2, -0.15) is 0 Å². The Balaban J connectivity index is 2.70. The first-order chi connectivity index (χ1) is 6.07. The van der Waals surface area contributed by atoms with Crippen molar-refractivity contribution in [3.8, 4) is 0 Å². The van der Waals surface area contributed by atoms with Gasteiger partial charge in [-0.3, -0.25) is 4.79 Å². The van der Waals surface area contributed by atoms with Crippen molar-refractivity contribution in [3.63, 3.8) is 0 Å². The van der Waals surface area contributed by atoms with E-state index >= 15 is 0 Å². The highest BCUT2D eigenvalue weighted by Crippen LogP contribution is 2.15. The van der Waals surface area contributed by atoms with E-state index in [0.717, 1.165) is 19.6 Å². The number of hydrogen-bond donors (Lipinski definition) is 0. The molecule has 74 valence electrons. The molecule has 0 aromatic heterocycles. The molecular weight excluding hydrogens is 164 g/mol. The Kier molecular flexibility index (Phi) is 2.96. The molecule has 1 aliphatic heterocycles. The number of piperazine rings is 1. The molecule has 1 heterocycles. The zero-order chi connectivity index (χ0) is 10.0. The summed E-state index contributed by atoms with van der Waals surface area (Å²) < 4.78 is 0.